The zero-order valence-electron chi connectivity index (χ0n) is 17.3. The van der Waals surface area contributed by atoms with Crippen molar-refractivity contribution >= 4 is 40.9 Å². The molecular weight excluding hydrogens is 439 g/mol. The molecule has 1 atom stereocenters. The van der Waals surface area contributed by atoms with Gasteiger partial charge in [-0.25, -0.2) is 0 Å². The molecule has 166 valence electrons. The summed E-state index contributed by atoms with van der Waals surface area (Å²) in [6, 6.07) is 11.5. The first-order valence-corrected chi connectivity index (χ1v) is 11.2. The van der Waals surface area contributed by atoms with Gasteiger partial charge >= 0.3 is 0 Å². The zero-order valence-corrected chi connectivity index (χ0v) is 18.8. The second-order valence-corrected chi connectivity index (χ2v) is 8.37. The lowest BCUT2D eigenvalue weighted by atomic mass is 10.1. The predicted molar refractivity (Wildman–Crippen MR) is 123 cm³/mol. The molecular formula is C23H26Cl2N2O4. The third kappa shape index (κ3) is 5.90. The van der Waals surface area contributed by atoms with Gasteiger partial charge in [0.15, 0.2) is 0 Å². The van der Waals surface area contributed by atoms with Crippen LogP contribution in [0.2, 0.25) is 10.0 Å². The van der Waals surface area contributed by atoms with Crippen molar-refractivity contribution in [3.05, 3.63) is 57.6 Å². The van der Waals surface area contributed by atoms with Gasteiger partial charge < -0.3 is 24.0 Å². The minimum absolute atomic E-state index is 0.289. The van der Waals surface area contributed by atoms with Crippen LogP contribution in [0, 0.1) is 0 Å². The van der Waals surface area contributed by atoms with E-state index in [0.29, 0.717) is 23.8 Å². The van der Waals surface area contributed by atoms with Gasteiger partial charge in [-0.05, 0) is 29.8 Å². The fraction of sp³-hybridized carbons (Fsp3) is 0.435. The van der Waals surface area contributed by atoms with E-state index in [2.05, 4.69) is 15.9 Å². The van der Waals surface area contributed by atoms with Gasteiger partial charge in [0.05, 0.1) is 54.5 Å². The third-order valence-electron chi connectivity index (χ3n) is 5.49. The van der Waals surface area contributed by atoms with Crippen molar-refractivity contribution in [1.29, 1.82) is 0 Å². The fourth-order valence-electron chi connectivity index (χ4n) is 3.67. The Morgan fingerprint density at radius 2 is 1.32 bits per heavy atom. The lowest BCUT2D eigenvalue weighted by Gasteiger charge is -2.29. The summed E-state index contributed by atoms with van der Waals surface area (Å²) >= 11 is 12.3. The topological polar surface area (TPSA) is 54.5 Å². The number of anilines is 2. The molecule has 0 radical (unpaired) electrons. The van der Waals surface area contributed by atoms with Gasteiger partial charge in [0.25, 0.3) is 0 Å². The first-order valence-electron chi connectivity index (χ1n) is 10.5. The summed E-state index contributed by atoms with van der Waals surface area (Å²) in [4.78, 5) is 15.1. The number of benzene rings is 2. The van der Waals surface area contributed by atoms with Crippen molar-refractivity contribution in [3.63, 3.8) is 0 Å². The largest absolute Gasteiger partial charge is 0.378 e. The molecule has 3 saturated heterocycles. The quantitative estimate of drug-likeness (QED) is 0.498. The molecule has 2 aromatic rings. The van der Waals surface area contributed by atoms with E-state index in [-0.39, 0.29) is 6.10 Å². The molecule has 0 bridgehead atoms. The van der Waals surface area contributed by atoms with E-state index in [1.807, 2.05) is 18.2 Å². The number of rotatable bonds is 4. The molecule has 6 nitrogen and oxygen atoms in total. The van der Waals surface area contributed by atoms with Crippen molar-refractivity contribution in [2.75, 3.05) is 69.0 Å². The van der Waals surface area contributed by atoms with Crippen molar-refractivity contribution < 1.29 is 19.0 Å². The maximum atomic E-state index is 10.7. The molecule has 3 aliphatic heterocycles. The van der Waals surface area contributed by atoms with E-state index in [1.54, 1.807) is 12.1 Å². The molecule has 31 heavy (non-hydrogen) atoms. The zero-order chi connectivity index (χ0) is 21.6. The van der Waals surface area contributed by atoms with E-state index in [0.717, 1.165) is 68.7 Å². The van der Waals surface area contributed by atoms with E-state index in [4.69, 9.17) is 37.4 Å². The van der Waals surface area contributed by atoms with Crippen molar-refractivity contribution in [1.82, 2.24) is 0 Å². The number of aldehydes is 1. The molecule has 1 unspecified atom stereocenters. The Labute approximate surface area is 192 Å². The molecule has 3 heterocycles. The van der Waals surface area contributed by atoms with Gasteiger partial charge in [0.1, 0.15) is 12.4 Å². The summed E-state index contributed by atoms with van der Waals surface area (Å²) < 4.78 is 15.9. The minimum Gasteiger partial charge on any atom is -0.378 e. The Morgan fingerprint density at radius 3 is 1.84 bits per heavy atom. The lowest BCUT2D eigenvalue weighted by Crippen LogP contribution is -2.36. The summed E-state index contributed by atoms with van der Waals surface area (Å²) in [5, 5.41) is 1.49. The van der Waals surface area contributed by atoms with Gasteiger partial charge in [0.2, 0.25) is 0 Å². The first-order chi connectivity index (χ1) is 15.2. The summed E-state index contributed by atoms with van der Waals surface area (Å²) in [5.74, 6) is 0. The third-order valence-corrected chi connectivity index (χ3v) is 6.12. The molecule has 2 aromatic carbocycles. The molecule has 5 rings (SSSR count). The Balaban J connectivity index is 0.000000150. The summed E-state index contributed by atoms with van der Waals surface area (Å²) in [6.45, 7) is 7.28. The van der Waals surface area contributed by atoms with E-state index < -0.39 is 0 Å². The summed E-state index contributed by atoms with van der Waals surface area (Å²) in [7, 11) is 0. The maximum absolute atomic E-state index is 10.7. The minimum atomic E-state index is 0.289. The van der Waals surface area contributed by atoms with Crippen LogP contribution in [0.25, 0.3) is 0 Å². The molecule has 0 spiro atoms. The van der Waals surface area contributed by atoms with Gasteiger partial charge in [-0.2, -0.15) is 0 Å². The molecule has 0 aromatic heterocycles. The van der Waals surface area contributed by atoms with Gasteiger partial charge in [-0.3, -0.25) is 4.79 Å². The van der Waals surface area contributed by atoms with Crippen LogP contribution in [-0.2, 0) is 14.2 Å². The van der Waals surface area contributed by atoms with Crippen LogP contribution in [0.1, 0.15) is 22.0 Å². The van der Waals surface area contributed by atoms with E-state index >= 15 is 0 Å². The predicted octanol–water partition coefficient (Wildman–Crippen LogP) is 4.24. The molecule has 0 saturated carbocycles. The van der Waals surface area contributed by atoms with Gasteiger partial charge in [-0.1, -0.05) is 35.3 Å². The monoisotopic (exact) mass is 464 g/mol. The number of ether oxygens (including phenoxy) is 3. The van der Waals surface area contributed by atoms with Crippen molar-refractivity contribution in [3.8, 4) is 0 Å². The van der Waals surface area contributed by atoms with Crippen LogP contribution < -0.4 is 9.80 Å². The molecule has 8 heteroatoms. The van der Waals surface area contributed by atoms with Gasteiger partial charge in [-0.15, -0.1) is 0 Å². The van der Waals surface area contributed by atoms with Crippen LogP contribution in [0.4, 0.5) is 11.4 Å². The number of carbonyl (C=O) groups is 1. The average Bonchev–Trinajstić information content (AvgIpc) is 3.67. The van der Waals surface area contributed by atoms with Crippen LogP contribution >= 0.6 is 23.2 Å². The maximum Gasteiger partial charge on any atom is 0.150 e. The Kier molecular flexibility index (Phi) is 7.69. The highest BCUT2D eigenvalue weighted by molar-refractivity contribution is 6.33. The molecule has 3 aliphatic rings. The summed E-state index contributed by atoms with van der Waals surface area (Å²) in [6.07, 6.45) is 1.12. The fourth-order valence-corrected chi connectivity index (χ4v) is 4.14. The number of morpholine rings is 2. The highest BCUT2D eigenvalue weighted by Gasteiger charge is 2.26. The smallest absolute Gasteiger partial charge is 0.150 e. The van der Waals surface area contributed by atoms with Crippen LogP contribution in [0.5, 0.6) is 0 Å². The average molecular weight is 465 g/mol. The number of epoxide rings is 1. The number of carbonyl (C=O) groups excluding carboxylic acids is 1. The number of nitrogens with zero attached hydrogens (tertiary/aromatic N) is 2. The Morgan fingerprint density at radius 1 is 0.806 bits per heavy atom. The molecule has 0 aliphatic carbocycles. The second kappa shape index (κ2) is 10.7. The number of halogens is 2. The van der Waals surface area contributed by atoms with Crippen LogP contribution in [0.15, 0.2) is 36.4 Å². The Hall–Kier alpha value is -1.83. The summed E-state index contributed by atoms with van der Waals surface area (Å²) in [5.41, 5.74) is 3.91. The molecule has 0 N–H and O–H groups in total. The number of hydrogen-bond donors (Lipinski definition) is 0. The second-order valence-electron chi connectivity index (χ2n) is 7.56. The van der Waals surface area contributed by atoms with Crippen molar-refractivity contribution in [2.45, 2.75) is 6.10 Å². The standard InChI is InChI=1S/C12H14ClNO2.C11H12ClNO2/c13-10-2-1-9(12-8-16-12)7-11(10)14-3-5-15-6-4-14;12-10-2-1-9(8-14)7-11(10)13-3-5-15-6-4-13/h1-2,7,12H,3-6,8H2;1-2,7-8H,3-6H2. The van der Waals surface area contributed by atoms with E-state index in [9.17, 15) is 4.79 Å². The first kappa shape index (κ1) is 22.4. The SMILES string of the molecule is Clc1ccc(C2CO2)cc1N1CCOCC1.O=Cc1ccc(Cl)c(N2CCOCC2)c1. The molecule has 0 amide bonds. The van der Waals surface area contributed by atoms with Crippen molar-refractivity contribution in [2.24, 2.45) is 0 Å². The normalized spacial score (nSPS) is 20.6. The number of hydrogen-bond acceptors (Lipinski definition) is 6. The highest BCUT2D eigenvalue weighted by atomic mass is 35.5. The molecule has 3 fully saturated rings. The Bertz CT molecular complexity index is 895. The van der Waals surface area contributed by atoms with Crippen LogP contribution in [0.3, 0.4) is 0 Å². The van der Waals surface area contributed by atoms with E-state index in [1.165, 1.54) is 5.56 Å². The van der Waals surface area contributed by atoms with Gasteiger partial charge in [0, 0.05) is 31.7 Å². The lowest BCUT2D eigenvalue weighted by molar-refractivity contribution is 0.112. The highest BCUT2D eigenvalue weighted by Crippen LogP contribution is 2.35. The van der Waals surface area contributed by atoms with Crippen LogP contribution in [-0.4, -0.2) is 65.5 Å².